The number of aromatic nitrogens is 2. The highest BCUT2D eigenvalue weighted by Gasteiger charge is 2.17. The van der Waals surface area contributed by atoms with Crippen LogP contribution in [0.25, 0.3) is 0 Å². The molecule has 0 saturated carbocycles. The Balaban J connectivity index is 2.13. The molecule has 0 atom stereocenters. The molecule has 0 fully saturated rings. The van der Waals surface area contributed by atoms with Gasteiger partial charge in [-0.1, -0.05) is 25.4 Å². The third kappa shape index (κ3) is 3.08. The van der Waals surface area contributed by atoms with Gasteiger partial charge in [-0.15, -0.1) is 10.2 Å². The van der Waals surface area contributed by atoms with Crippen molar-refractivity contribution in [2.75, 3.05) is 5.32 Å². The lowest BCUT2D eigenvalue weighted by atomic mass is 10.2. The zero-order chi connectivity index (χ0) is 14.0. The van der Waals surface area contributed by atoms with Gasteiger partial charge in [-0.25, -0.2) is 4.39 Å². The van der Waals surface area contributed by atoms with E-state index in [1.807, 2.05) is 13.8 Å². The second-order valence-corrected chi connectivity index (χ2v) is 4.59. The van der Waals surface area contributed by atoms with Crippen LogP contribution in [0.4, 0.5) is 10.1 Å². The molecule has 0 aliphatic heterocycles. The van der Waals surface area contributed by atoms with E-state index in [1.54, 1.807) is 0 Å². The Morgan fingerprint density at radius 1 is 1.42 bits per heavy atom. The molecule has 0 bridgehead atoms. The normalized spacial score (nSPS) is 10.8. The van der Waals surface area contributed by atoms with Gasteiger partial charge >= 0.3 is 11.8 Å². The summed E-state index contributed by atoms with van der Waals surface area (Å²) in [6.45, 7) is 3.74. The fraction of sp³-hybridized carbons (Fsp3) is 0.250. The maximum atomic E-state index is 13.0. The van der Waals surface area contributed by atoms with Crippen LogP contribution >= 0.6 is 11.6 Å². The van der Waals surface area contributed by atoms with E-state index in [2.05, 4.69) is 15.5 Å². The standard InChI is InChI=1S/C12H11ClFN3O2/c1-6(2)11-16-17-12(19-11)10(18)15-7-3-4-9(14)8(13)5-7/h3-6H,1-2H3,(H,15,18). The van der Waals surface area contributed by atoms with Crippen molar-refractivity contribution in [2.24, 2.45) is 0 Å². The summed E-state index contributed by atoms with van der Waals surface area (Å²) in [6.07, 6.45) is 0. The summed E-state index contributed by atoms with van der Waals surface area (Å²) in [5.41, 5.74) is 0.348. The Hall–Kier alpha value is -1.95. The van der Waals surface area contributed by atoms with Crippen molar-refractivity contribution in [2.45, 2.75) is 19.8 Å². The van der Waals surface area contributed by atoms with Gasteiger partial charge in [-0.05, 0) is 18.2 Å². The first-order valence-corrected chi connectivity index (χ1v) is 5.95. The first-order valence-electron chi connectivity index (χ1n) is 5.57. The highest BCUT2D eigenvalue weighted by Crippen LogP contribution is 2.20. The van der Waals surface area contributed by atoms with Gasteiger partial charge in [0, 0.05) is 11.6 Å². The highest BCUT2D eigenvalue weighted by atomic mass is 35.5. The lowest BCUT2D eigenvalue weighted by Crippen LogP contribution is -2.12. The number of anilines is 1. The number of carbonyl (C=O) groups is 1. The van der Waals surface area contributed by atoms with E-state index in [4.69, 9.17) is 16.0 Å². The molecule has 1 heterocycles. The second kappa shape index (κ2) is 5.36. The third-order valence-corrected chi connectivity index (χ3v) is 2.60. The van der Waals surface area contributed by atoms with Crippen molar-refractivity contribution in [1.82, 2.24) is 10.2 Å². The van der Waals surface area contributed by atoms with Gasteiger partial charge in [0.15, 0.2) is 0 Å². The Labute approximate surface area is 113 Å². The van der Waals surface area contributed by atoms with Gasteiger partial charge in [0.25, 0.3) is 0 Å². The van der Waals surface area contributed by atoms with Crippen molar-refractivity contribution in [3.8, 4) is 0 Å². The summed E-state index contributed by atoms with van der Waals surface area (Å²) in [5.74, 6) is -0.859. The molecule has 0 spiro atoms. The van der Waals surface area contributed by atoms with Crippen LogP contribution in [-0.4, -0.2) is 16.1 Å². The molecule has 2 rings (SSSR count). The van der Waals surface area contributed by atoms with Gasteiger partial charge in [-0.2, -0.15) is 0 Å². The van der Waals surface area contributed by atoms with Gasteiger partial charge in [0.1, 0.15) is 5.82 Å². The largest absolute Gasteiger partial charge is 0.417 e. The van der Waals surface area contributed by atoms with Crippen molar-refractivity contribution in [3.63, 3.8) is 0 Å². The molecule has 0 radical (unpaired) electrons. The Bertz CT molecular complexity index is 613. The predicted octanol–water partition coefficient (Wildman–Crippen LogP) is 3.24. The molecule has 0 saturated heterocycles. The highest BCUT2D eigenvalue weighted by molar-refractivity contribution is 6.31. The average molecular weight is 284 g/mol. The average Bonchev–Trinajstić information content (AvgIpc) is 2.83. The van der Waals surface area contributed by atoms with E-state index in [-0.39, 0.29) is 16.8 Å². The molecule has 1 aromatic heterocycles. The zero-order valence-corrected chi connectivity index (χ0v) is 11.0. The molecule has 1 N–H and O–H groups in total. The van der Waals surface area contributed by atoms with E-state index in [0.717, 1.165) is 6.07 Å². The Kier molecular flexibility index (Phi) is 3.80. The SMILES string of the molecule is CC(C)c1nnc(C(=O)Nc2ccc(F)c(Cl)c2)o1. The first kappa shape index (κ1) is 13.5. The van der Waals surface area contributed by atoms with E-state index in [9.17, 15) is 9.18 Å². The van der Waals surface area contributed by atoms with Crippen molar-refractivity contribution < 1.29 is 13.6 Å². The molecular weight excluding hydrogens is 273 g/mol. The minimum Gasteiger partial charge on any atom is -0.417 e. The molecular formula is C12H11ClFN3O2. The van der Waals surface area contributed by atoms with Crippen LogP contribution in [0, 0.1) is 5.82 Å². The second-order valence-electron chi connectivity index (χ2n) is 4.18. The number of nitrogens with zero attached hydrogens (tertiary/aromatic N) is 2. The lowest BCUT2D eigenvalue weighted by molar-refractivity contribution is 0.0988. The molecule has 2 aromatic rings. The lowest BCUT2D eigenvalue weighted by Gasteiger charge is -2.03. The number of hydrogen-bond donors (Lipinski definition) is 1. The fourth-order valence-corrected chi connectivity index (χ4v) is 1.50. The number of amides is 1. The summed E-state index contributed by atoms with van der Waals surface area (Å²) in [6, 6.07) is 3.85. The van der Waals surface area contributed by atoms with E-state index in [1.165, 1.54) is 12.1 Å². The van der Waals surface area contributed by atoms with Crippen LogP contribution in [0.15, 0.2) is 22.6 Å². The third-order valence-electron chi connectivity index (χ3n) is 2.31. The van der Waals surface area contributed by atoms with Gasteiger partial charge in [0.2, 0.25) is 5.89 Å². The summed E-state index contributed by atoms with van der Waals surface area (Å²) in [7, 11) is 0. The minimum atomic E-state index is -0.568. The maximum Gasteiger partial charge on any atom is 0.313 e. The number of nitrogens with one attached hydrogen (secondary N) is 1. The van der Waals surface area contributed by atoms with E-state index < -0.39 is 11.7 Å². The van der Waals surface area contributed by atoms with Crippen molar-refractivity contribution >= 4 is 23.2 Å². The number of rotatable bonds is 3. The summed E-state index contributed by atoms with van der Waals surface area (Å²) in [5, 5.41) is 9.80. The number of hydrogen-bond acceptors (Lipinski definition) is 4. The van der Waals surface area contributed by atoms with Gasteiger partial charge in [-0.3, -0.25) is 4.79 Å². The monoisotopic (exact) mass is 283 g/mol. The Morgan fingerprint density at radius 3 is 2.74 bits per heavy atom. The van der Waals surface area contributed by atoms with Crippen molar-refractivity contribution in [3.05, 3.63) is 40.8 Å². The molecule has 5 nitrogen and oxygen atoms in total. The number of carbonyl (C=O) groups excluding carboxylic acids is 1. The van der Waals surface area contributed by atoms with Crippen LogP contribution in [0.1, 0.15) is 36.3 Å². The van der Waals surface area contributed by atoms with Gasteiger partial charge in [0.05, 0.1) is 5.02 Å². The number of benzene rings is 1. The summed E-state index contributed by atoms with van der Waals surface area (Å²) < 4.78 is 18.2. The topological polar surface area (TPSA) is 68.0 Å². The van der Waals surface area contributed by atoms with Crippen LogP contribution in [0.3, 0.4) is 0 Å². The maximum absolute atomic E-state index is 13.0. The zero-order valence-electron chi connectivity index (χ0n) is 10.3. The van der Waals surface area contributed by atoms with Crippen molar-refractivity contribution in [1.29, 1.82) is 0 Å². The molecule has 0 aliphatic rings. The van der Waals surface area contributed by atoms with Crippen LogP contribution in [-0.2, 0) is 0 Å². The molecule has 0 aliphatic carbocycles. The molecule has 0 unspecified atom stereocenters. The Morgan fingerprint density at radius 2 is 2.16 bits per heavy atom. The summed E-state index contributed by atoms with van der Waals surface area (Å²) in [4.78, 5) is 11.8. The molecule has 1 amide bonds. The molecule has 7 heteroatoms. The first-order chi connectivity index (χ1) is 8.97. The van der Waals surface area contributed by atoms with Crippen LogP contribution in [0.2, 0.25) is 5.02 Å². The molecule has 1 aromatic carbocycles. The summed E-state index contributed by atoms with van der Waals surface area (Å²) >= 11 is 5.61. The van der Waals surface area contributed by atoms with Gasteiger partial charge < -0.3 is 9.73 Å². The molecule has 19 heavy (non-hydrogen) atoms. The predicted molar refractivity (Wildman–Crippen MR) is 67.8 cm³/mol. The fourth-order valence-electron chi connectivity index (χ4n) is 1.32. The smallest absolute Gasteiger partial charge is 0.313 e. The minimum absolute atomic E-state index is 0.0364. The van der Waals surface area contributed by atoms with E-state index in [0.29, 0.717) is 11.6 Å². The van der Waals surface area contributed by atoms with E-state index >= 15 is 0 Å². The van der Waals surface area contributed by atoms with Crippen LogP contribution in [0.5, 0.6) is 0 Å². The molecule has 100 valence electrons. The van der Waals surface area contributed by atoms with Crippen LogP contribution < -0.4 is 5.32 Å². The number of halogens is 2. The quantitative estimate of drug-likeness (QED) is 0.939.